The van der Waals surface area contributed by atoms with Gasteiger partial charge < -0.3 is 0 Å². The van der Waals surface area contributed by atoms with E-state index >= 15 is 0 Å². The Morgan fingerprint density at radius 1 is 1.36 bits per heavy atom. The van der Waals surface area contributed by atoms with Crippen molar-refractivity contribution in [3.8, 4) is 0 Å². The third-order valence-electron chi connectivity index (χ3n) is 3.82. The Labute approximate surface area is 69.7 Å². The molecule has 0 heteroatoms. The molecule has 0 saturated heterocycles. The smallest absolute Gasteiger partial charge is 0.0152 e. The molecule has 0 nitrogen and oxygen atoms in total. The predicted molar refractivity (Wildman–Crippen MR) is 48.4 cm³/mol. The van der Waals surface area contributed by atoms with Crippen LogP contribution in [0.2, 0.25) is 0 Å². The lowest BCUT2D eigenvalue weighted by Crippen LogP contribution is -2.26. The second-order valence-electron chi connectivity index (χ2n) is 4.61. The summed E-state index contributed by atoms with van der Waals surface area (Å²) < 4.78 is 0. The van der Waals surface area contributed by atoms with Gasteiger partial charge in [-0.15, -0.1) is 0 Å². The highest BCUT2D eigenvalue weighted by molar-refractivity contribution is 5.12. The first-order valence-corrected chi connectivity index (χ1v) is 4.90. The van der Waals surface area contributed by atoms with Crippen molar-refractivity contribution >= 4 is 0 Å². The largest absolute Gasteiger partial charge is 0.0996 e. The maximum atomic E-state index is 4.20. The molecule has 0 bridgehead atoms. The minimum Gasteiger partial charge on any atom is -0.0996 e. The number of hydrogen-bond acceptors (Lipinski definition) is 0. The summed E-state index contributed by atoms with van der Waals surface area (Å²) in [6, 6.07) is 0. The molecule has 11 heavy (non-hydrogen) atoms. The summed E-state index contributed by atoms with van der Waals surface area (Å²) in [6.07, 6.45) is 8.48. The maximum absolute atomic E-state index is 4.20. The molecule has 62 valence electrons. The third kappa shape index (κ3) is 1.04. The van der Waals surface area contributed by atoms with Crippen LogP contribution in [-0.2, 0) is 0 Å². The molecule has 2 aliphatic carbocycles. The number of rotatable bonds is 0. The van der Waals surface area contributed by atoms with Crippen molar-refractivity contribution in [2.75, 3.05) is 0 Å². The molecule has 2 atom stereocenters. The van der Waals surface area contributed by atoms with Gasteiger partial charge in [0, 0.05) is 0 Å². The van der Waals surface area contributed by atoms with Gasteiger partial charge in [-0.2, -0.15) is 0 Å². The monoisotopic (exact) mass is 150 g/mol. The standard InChI is InChI=1S/C11H18/c1-9-5-3-7-11(2)8-4-6-10(9)11/h10H,1,3-8H2,2H3. The summed E-state index contributed by atoms with van der Waals surface area (Å²) in [5.74, 6) is 0.885. The summed E-state index contributed by atoms with van der Waals surface area (Å²) >= 11 is 0. The molecular weight excluding hydrogens is 132 g/mol. The van der Waals surface area contributed by atoms with Crippen molar-refractivity contribution in [1.82, 2.24) is 0 Å². The van der Waals surface area contributed by atoms with Gasteiger partial charge in [-0.05, 0) is 43.4 Å². The maximum Gasteiger partial charge on any atom is -0.0152 e. The Balaban J connectivity index is 2.22. The van der Waals surface area contributed by atoms with Gasteiger partial charge in [0.1, 0.15) is 0 Å². The van der Waals surface area contributed by atoms with Gasteiger partial charge in [0.2, 0.25) is 0 Å². The predicted octanol–water partition coefficient (Wildman–Crippen LogP) is 3.53. The van der Waals surface area contributed by atoms with Gasteiger partial charge in [0.05, 0.1) is 0 Å². The van der Waals surface area contributed by atoms with Crippen molar-refractivity contribution in [3.05, 3.63) is 12.2 Å². The summed E-state index contributed by atoms with van der Waals surface area (Å²) in [6.45, 7) is 6.67. The van der Waals surface area contributed by atoms with Gasteiger partial charge >= 0.3 is 0 Å². The van der Waals surface area contributed by atoms with Gasteiger partial charge in [-0.3, -0.25) is 0 Å². The van der Waals surface area contributed by atoms with Crippen LogP contribution in [0.15, 0.2) is 12.2 Å². The van der Waals surface area contributed by atoms with E-state index in [0.29, 0.717) is 5.41 Å². The fourth-order valence-corrected chi connectivity index (χ4v) is 3.12. The van der Waals surface area contributed by atoms with Crippen LogP contribution in [-0.4, -0.2) is 0 Å². The molecule has 2 fully saturated rings. The molecule has 0 aromatic heterocycles. The minimum atomic E-state index is 0.662. The van der Waals surface area contributed by atoms with Crippen molar-refractivity contribution in [3.63, 3.8) is 0 Å². The van der Waals surface area contributed by atoms with Crippen molar-refractivity contribution in [2.45, 2.75) is 45.4 Å². The molecule has 0 radical (unpaired) electrons. The molecule has 2 rings (SSSR count). The molecule has 0 spiro atoms. The second kappa shape index (κ2) is 2.36. The first-order chi connectivity index (χ1) is 5.22. The number of hydrogen-bond donors (Lipinski definition) is 0. The van der Waals surface area contributed by atoms with E-state index in [1.807, 2.05) is 0 Å². The third-order valence-corrected chi connectivity index (χ3v) is 3.82. The average Bonchev–Trinajstić information content (AvgIpc) is 2.31. The first-order valence-electron chi connectivity index (χ1n) is 4.90. The molecule has 2 saturated carbocycles. The lowest BCUT2D eigenvalue weighted by Gasteiger charge is -2.37. The Morgan fingerprint density at radius 2 is 2.09 bits per heavy atom. The molecule has 0 N–H and O–H groups in total. The Morgan fingerprint density at radius 3 is 2.82 bits per heavy atom. The summed E-state index contributed by atoms with van der Waals surface area (Å²) in [4.78, 5) is 0. The molecule has 0 aromatic carbocycles. The summed E-state index contributed by atoms with van der Waals surface area (Å²) in [5.41, 5.74) is 2.21. The van der Waals surface area contributed by atoms with Crippen LogP contribution >= 0.6 is 0 Å². The van der Waals surface area contributed by atoms with Gasteiger partial charge in [-0.25, -0.2) is 0 Å². The van der Waals surface area contributed by atoms with Gasteiger partial charge in [0.25, 0.3) is 0 Å². The Hall–Kier alpha value is -0.260. The second-order valence-corrected chi connectivity index (χ2v) is 4.61. The first kappa shape index (κ1) is 7.39. The highest BCUT2D eigenvalue weighted by atomic mass is 14.5. The fraction of sp³-hybridized carbons (Fsp3) is 0.818. The zero-order valence-electron chi connectivity index (χ0n) is 7.53. The van der Waals surface area contributed by atoms with E-state index in [9.17, 15) is 0 Å². The van der Waals surface area contributed by atoms with Crippen LogP contribution in [0.1, 0.15) is 45.4 Å². The molecular formula is C11H18. The zero-order chi connectivity index (χ0) is 7.90. The van der Waals surface area contributed by atoms with E-state index in [0.717, 1.165) is 5.92 Å². The quantitative estimate of drug-likeness (QED) is 0.463. The molecule has 0 aromatic rings. The minimum absolute atomic E-state index is 0.662. The fourth-order valence-electron chi connectivity index (χ4n) is 3.12. The normalized spacial score (nSPS) is 44.1. The molecule has 0 heterocycles. The van der Waals surface area contributed by atoms with Crippen molar-refractivity contribution in [1.29, 1.82) is 0 Å². The van der Waals surface area contributed by atoms with Crippen LogP contribution in [0.5, 0.6) is 0 Å². The van der Waals surface area contributed by atoms with Crippen LogP contribution < -0.4 is 0 Å². The van der Waals surface area contributed by atoms with E-state index < -0.39 is 0 Å². The topological polar surface area (TPSA) is 0 Å². The molecule has 0 amide bonds. The van der Waals surface area contributed by atoms with Crippen LogP contribution in [0.3, 0.4) is 0 Å². The van der Waals surface area contributed by atoms with E-state index in [1.54, 1.807) is 5.57 Å². The lowest BCUT2D eigenvalue weighted by molar-refractivity contribution is 0.202. The van der Waals surface area contributed by atoms with Crippen LogP contribution in [0, 0.1) is 11.3 Å². The molecule has 0 aliphatic heterocycles. The Kier molecular flexibility index (Phi) is 1.59. The summed E-state index contributed by atoms with van der Waals surface area (Å²) in [7, 11) is 0. The van der Waals surface area contributed by atoms with Crippen LogP contribution in [0.4, 0.5) is 0 Å². The number of fused-ring (bicyclic) bond motifs is 1. The van der Waals surface area contributed by atoms with E-state index in [2.05, 4.69) is 13.5 Å². The number of allylic oxidation sites excluding steroid dienone is 1. The van der Waals surface area contributed by atoms with Gasteiger partial charge in [-0.1, -0.05) is 25.5 Å². The SMILES string of the molecule is C=C1CCCC2(C)CCCC12. The van der Waals surface area contributed by atoms with E-state index in [-0.39, 0.29) is 0 Å². The van der Waals surface area contributed by atoms with E-state index in [4.69, 9.17) is 0 Å². The highest BCUT2D eigenvalue weighted by Crippen LogP contribution is 2.53. The van der Waals surface area contributed by atoms with E-state index in [1.165, 1.54) is 38.5 Å². The highest BCUT2D eigenvalue weighted by Gasteiger charge is 2.41. The zero-order valence-corrected chi connectivity index (χ0v) is 7.53. The van der Waals surface area contributed by atoms with Crippen molar-refractivity contribution < 1.29 is 0 Å². The molecule has 2 unspecified atom stereocenters. The average molecular weight is 150 g/mol. The van der Waals surface area contributed by atoms with Crippen LogP contribution in [0.25, 0.3) is 0 Å². The van der Waals surface area contributed by atoms with Crippen molar-refractivity contribution in [2.24, 2.45) is 11.3 Å². The Bertz CT molecular complexity index is 180. The molecule has 2 aliphatic rings. The lowest BCUT2D eigenvalue weighted by atomic mass is 9.68. The summed E-state index contributed by atoms with van der Waals surface area (Å²) in [5, 5.41) is 0. The van der Waals surface area contributed by atoms with Gasteiger partial charge in [0.15, 0.2) is 0 Å².